The Morgan fingerprint density at radius 3 is 1.50 bits per heavy atom. The summed E-state index contributed by atoms with van der Waals surface area (Å²) in [4.78, 5) is 35.6. The van der Waals surface area contributed by atoms with Gasteiger partial charge in [0.15, 0.2) is 0 Å². The number of aromatic nitrogens is 4. The molecule has 3 aliphatic heterocycles. The van der Waals surface area contributed by atoms with Gasteiger partial charge >= 0.3 is 63.2 Å². The van der Waals surface area contributed by atoms with Crippen LogP contribution in [-0.4, -0.2) is 49.9 Å². The molecule has 0 unspecified atom stereocenters. The summed E-state index contributed by atoms with van der Waals surface area (Å²) in [5.41, 5.74) is 10.5. The second kappa shape index (κ2) is 34.1. The van der Waals surface area contributed by atoms with Gasteiger partial charge in [0, 0.05) is 53.7 Å². The largest absolute Gasteiger partial charge is 2.00 e. The number of benzene rings is 10. The third-order valence-electron chi connectivity index (χ3n) is 17.2. The molecule has 105 heavy (non-hydrogen) atoms. The molecule has 524 valence electrons. The van der Waals surface area contributed by atoms with Gasteiger partial charge in [-0.25, -0.2) is 9.97 Å². The zero-order valence-corrected chi connectivity index (χ0v) is 62.7. The predicted molar refractivity (Wildman–Crippen MR) is 399 cm³/mol. The van der Waals surface area contributed by atoms with Crippen molar-refractivity contribution in [2.75, 3.05) is 19.6 Å². The Hall–Kier alpha value is -11.7. The van der Waals surface area contributed by atoms with Gasteiger partial charge in [-0.1, -0.05) is 163 Å². The molecule has 10 aromatic carbocycles. The first-order valence-corrected chi connectivity index (χ1v) is 33.0. The molecule has 14 aromatic rings. The zero-order valence-electron chi connectivity index (χ0n) is 55.9. The zero-order chi connectivity index (χ0) is 69.0. The minimum atomic E-state index is -0.633. The Morgan fingerprint density at radius 2 is 0.914 bits per heavy atom. The van der Waals surface area contributed by atoms with Crippen molar-refractivity contribution in [3.8, 4) is 34.6 Å². The topological polar surface area (TPSA) is 145 Å². The summed E-state index contributed by atoms with van der Waals surface area (Å²) in [5.74, 6) is 3.35. The van der Waals surface area contributed by atoms with Crippen LogP contribution in [0.4, 0.5) is 34.3 Å². The van der Waals surface area contributed by atoms with E-state index in [0.717, 1.165) is 78.5 Å². The van der Waals surface area contributed by atoms with Gasteiger partial charge in [0.05, 0.1) is 28.2 Å². The summed E-state index contributed by atoms with van der Waals surface area (Å²) in [6.45, 7) is 6.11. The van der Waals surface area contributed by atoms with Gasteiger partial charge < -0.3 is 64.2 Å². The molecule has 19 heteroatoms. The van der Waals surface area contributed by atoms with Gasteiger partial charge in [-0.2, -0.15) is 43.1 Å². The number of fused-ring (bicyclic) bond motifs is 3. The van der Waals surface area contributed by atoms with Gasteiger partial charge in [-0.15, -0.1) is 60.2 Å². The minimum Gasteiger partial charge on any atom is -0.506 e. The van der Waals surface area contributed by atoms with E-state index in [-0.39, 0.29) is 80.4 Å². The van der Waals surface area contributed by atoms with Crippen LogP contribution >= 0.6 is 0 Å². The maximum atomic E-state index is 10.3. The Labute approximate surface area is 652 Å². The molecule has 0 spiro atoms. The summed E-state index contributed by atoms with van der Waals surface area (Å²) < 4.78 is 2.09. The summed E-state index contributed by atoms with van der Waals surface area (Å²) >= 11 is 0. The van der Waals surface area contributed by atoms with Crippen LogP contribution < -0.4 is 29.3 Å². The fourth-order valence-electron chi connectivity index (χ4n) is 12.6. The molecule has 0 fully saturated rings. The first kappa shape index (κ1) is 73.1. The van der Waals surface area contributed by atoms with E-state index in [1.807, 2.05) is 223 Å². The normalized spacial score (nSPS) is 12.7. The van der Waals surface area contributed by atoms with Crippen LogP contribution in [0, 0.1) is 38.2 Å². The molecule has 3 aliphatic rings. The van der Waals surface area contributed by atoms with E-state index in [4.69, 9.17) is 14.7 Å². The molecule has 3 N–H and O–H groups in total. The van der Waals surface area contributed by atoms with Crippen LogP contribution in [0.5, 0.6) is 28.7 Å². The molecule has 4 aromatic heterocycles. The smallest absolute Gasteiger partial charge is 0.506 e. The minimum absolute atomic E-state index is 0. The van der Waals surface area contributed by atoms with E-state index in [0.29, 0.717) is 29.4 Å². The number of nitrogens with zero attached hydrogens (tertiary/aromatic N) is 11. The first-order chi connectivity index (χ1) is 50.3. The van der Waals surface area contributed by atoms with Gasteiger partial charge in [0.1, 0.15) is 28.9 Å². The first-order valence-electron chi connectivity index (χ1n) is 33.0. The molecule has 0 saturated heterocycles. The number of anilines is 6. The third kappa shape index (κ3) is 16.1. The SMILES string of the molecule is Oc1ccccc1N1C=CN(Cc2[c-]c(C(c3ccccc3)(c3ccccc3)c3ccccn3)ccc2)[CH-]1.Oc1ccccc1N1C=CN(Oc2[c-]c(N(c3ccccc3)c3ccccn3)ccc2)[CH-]1.Oc1ccccc1N1C=CN(Oc2[c-]c3c(cc2)c2ccccc2n3-c2ccccn2)[CH-]1.[Pt+2].[Pt+2].[Pt+2]. The molecule has 17 rings (SSSR count). The number of para-hydroxylation sites is 8. The number of rotatable bonds is 17. The fourth-order valence-corrected chi connectivity index (χ4v) is 12.6. The van der Waals surface area contributed by atoms with E-state index in [1.165, 1.54) is 0 Å². The average molecular weight is 1920 g/mol. The van der Waals surface area contributed by atoms with Gasteiger partial charge in [0.25, 0.3) is 0 Å². The average Bonchev–Trinajstić information content (AvgIpc) is 1.53. The van der Waals surface area contributed by atoms with Crippen LogP contribution in [0.15, 0.2) is 347 Å². The van der Waals surface area contributed by atoms with Crippen molar-refractivity contribution in [2.45, 2.75) is 12.0 Å². The molecule has 0 amide bonds. The maximum absolute atomic E-state index is 10.3. The van der Waals surface area contributed by atoms with E-state index in [2.05, 4.69) is 123 Å². The molecule has 0 radical (unpaired) electrons. The van der Waals surface area contributed by atoms with Crippen LogP contribution in [0.1, 0.15) is 27.9 Å². The number of phenolic OH excluding ortho intramolecular Hbond substituents is 3. The molecule has 7 heterocycles. The monoisotopic (exact) mass is 1920 g/mol. The summed E-state index contributed by atoms with van der Waals surface area (Å²) in [6.07, 6.45) is 16.5. The quantitative estimate of drug-likeness (QED) is 0.0587. The summed E-state index contributed by atoms with van der Waals surface area (Å²) in [5, 5.41) is 35.8. The molecular weight excluding hydrogens is 1850 g/mol. The van der Waals surface area contributed by atoms with Crippen molar-refractivity contribution in [2.24, 2.45) is 0 Å². The van der Waals surface area contributed by atoms with Crippen molar-refractivity contribution in [1.29, 1.82) is 0 Å². The predicted octanol–water partition coefficient (Wildman–Crippen LogP) is 18.0. The molecule has 16 nitrogen and oxygen atoms in total. The van der Waals surface area contributed by atoms with Crippen LogP contribution in [0.25, 0.3) is 27.6 Å². The Kier molecular flexibility index (Phi) is 23.7. The molecule has 0 bridgehead atoms. The standard InChI is InChI=1S/C34H27N3O.C26H18N4O2.C26H20N4O2.3Pt/c38-32-19-8-7-18-31(32)37-23-22-36(26-37)25-27-12-11-17-30(24-27)34(28-13-3-1-4-14-28,29-15-5-2-6-16-29)33-20-9-10-21-35-33;31-25-10-4-3-9-23(25)28-15-16-29(18-28)32-19-12-13-21-20-7-1-2-8-22(20)30(24(21)17-19)26-11-5-6-14-27-26;31-25-14-5-4-13-24(25)28-17-18-29(20-28)32-23-12-8-11-22(19-23)30(21-9-2-1-3-10-21)26-15-6-7-16-27-26;;;/h1-23,26,38H,25H2;1-16,18,31H;1-18,20,31H;;;/q3*-2;3*+2. The van der Waals surface area contributed by atoms with Crippen molar-refractivity contribution in [3.05, 3.63) is 413 Å². The van der Waals surface area contributed by atoms with Crippen molar-refractivity contribution in [3.63, 3.8) is 0 Å². The van der Waals surface area contributed by atoms with Crippen molar-refractivity contribution < 1.29 is 88.2 Å². The van der Waals surface area contributed by atoms with Crippen LogP contribution in [-0.2, 0) is 75.2 Å². The van der Waals surface area contributed by atoms with Gasteiger partial charge in [0.2, 0.25) is 0 Å². The third-order valence-corrected chi connectivity index (χ3v) is 17.2. The van der Waals surface area contributed by atoms with Crippen molar-refractivity contribution in [1.82, 2.24) is 34.5 Å². The number of hydrogen-bond donors (Lipinski definition) is 3. The Bertz CT molecular complexity index is 5130. The second-order valence-corrected chi connectivity index (χ2v) is 23.7. The molecule has 0 atom stereocenters. The molecule has 0 aliphatic carbocycles. The Morgan fingerprint density at radius 1 is 0.400 bits per heavy atom. The summed E-state index contributed by atoms with van der Waals surface area (Å²) in [6, 6.07) is 105. The van der Waals surface area contributed by atoms with Gasteiger partial charge in [-0.05, 0) is 139 Å². The number of aromatic hydroxyl groups is 3. The van der Waals surface area contributed by atoms with Crippen molar-refractivity contribution >= 4 is 56.1 Å². The Balaban J connectivity index is 0.000000146. The number of phenols is 3. The van der Waals surface area contributed by atoms with E-state index in [9.17, 15) is 15.3 Å². The van der Waals surface area contributed by atoms with E-state index >= 15 is 0 Å². The second-order valence-electron chi connectivity index (χ2n) is 23.7. The van der Waals surface area contributed by atoms with E-state index in [1.54, 1.807) is 88.4 Å². The fraction of sp³-hybridized carbons (Fsp3) is 0.0233. The number of hydroxylamine groups is 4. The van der Waals surface area contributed by atoms with Crippen LogP contribution in [0.2, 0.25) is 0 Å². The van der Waals surface area contributed by atoms with Gasteiger partial charge in [-0.3, -0.25) is 4.98 Å². The maximum Gasteiger partial charge on any atom is 2.00 e. The van der Waals surface area contributed by atoms with Crippen LogP contribution in [0.3, 0.4) is 0 Å². The molecule has 0 saturated carbocycles. The van der Waals surface area contributed by atoms with E-state index < -0.39 is 5.41 Å². The molecular formula is C86H65N11O5Pt3. The summed E-state index contributed by atoms with van der Waals surface area (Å²) in [7, 11) is 0. The number of hydrogen-bond acceptors (Lipinski definition) is 15. The number of pyridine rings is 3.